The van der Waals surface area contributed by atoms with E-state index in [1.807, 2.05) is 0 Å². The Kier molecular flexibility index (Phi) is 3.86. The van der Waals surface area contributed by atoms with Gasteiger partial charge in [0, 0.05) is 5.56 Å². The summed E-state index contributed by atoms with van der Waals surface area (Å²) >= 11 is 5.98. The van der Waals surface area contributed by atoms with Crippen LogP contribution in [0.3, 0.4) is 0 Å². The number of carbonyl (C=O) groups excluding carboxylic acids is 1. The van der Waals surface area contributed by atoms with Crippen LogP contribution in [0.2, 0.25) is 5.02 Å². The predicted octanol–water partition coefficient (Wildman–Crippen LogP) is 5.23. The summed E-state index contributed by atoms with van der Waals surface area (Å²) < 4.78 is 37.6. The van der Waals surface area contributed by atoms with Gasteiger partial charge < -0.3 is 0 Å². The molecule has 1 nitrogen and oxygen atoms in total. The molecule has 0 radical (unpaired) electrons. The van der Waals surface area contributed by atoms with E-state index in [9.17, 15) is 18.0 Å². The standard InChI is InChI=1S/C15H10ClF3O/c1-9(20)14-12(3-2-4-13(14)16)10-5-7-11(8-6-10)15(17,18)19/h2-8H,1H3. The largest absolute Gasteiger partial charge is 0.416 e. The van der Waals surface area contributed by atoms with Crippen LogP contribution in [-0.2, 0) is 6.18 Å². The number of carbonyl (C=O) groups is 1. The maximum Gasteiger partial charge on any atom is 0.416 e. The second-order valence-corrected chi connectivity index (χ2v) is 4.70. The molecule has 0 saturated heterocycles. The summed E-state index contributed by atoms with van der Waals surface area (Å²) in [6.45, 7) is 1.37. The highest BCUT2D eigenvalue weighted by atomic mass is 35.5. The van der Waals surface area contributed by atoms with Gasteiger partial charge in [0.05, 0.1) is 10.6 Å². The van der Waals surface area contributed by atoms with Crippen LogP contribution >= 0.6 is 11.6 Å². The highest BCUT2D eigenvalue weighted by Crippen LogP contribution is 2.33. The molecule has 0 amide bonds. The Morgan fingerprint density at radius 1 is 1.05 bits per heavy atom. The first-order valence-electron chi connectivity index (χ1n) is 5.78. The third-order valence-electron chi connectivity index (χ3n) is 2.89. The zero-order valence-electron chi connectivity index (χ0n) is 10.5. The van der Waals surface area contributed by atoms with E-state index in [4.69, 9.17) is 11.6 Å². The highest BCUT2D eigenvalue weighted by Gasteiger charge is 2.30. The van der Waals surface area contributed by atoms with Crippen LogP contribution in [0.1, 0.15) is 22.8 Å². The average Bonchev–Trinajstić information content (AvgIpc) is 2.37. The van der Waals surface area contributed by atoms with Gasteiger partial charge in [0.2, 0.25) is 0 Å². The molecule has 0 N–H and O–H groups in total. The number of rotatable bonds is 2. The Balaban J connectivity index is 2.53. The second kappa shape index (κ2) is 5.29. The van der Waals surface area contributed by atoms with Gasteiger partial charge in [-0.2, -0.15) is 13.2 Å². The Hall–Kier alpha value is -1.81. The summed E-state index contributed by atoms with van der Waals surface area (Å²) in [4.78, 5) is 11.6. The lowest BCUT2D eigenvalue weighted by Crippen LogP contribution is -2.04. The number of hydrogen-bond donors (Lipinski definition) is 0. The Labute approximate surface area is 119 Å². The number of Topliss-reactive ketones (excluding diaryl/α,β-unsaturated/α-hetero) is 1. The SMILES string of the molecule is CC(=O)c1c(Cl)cccc1-c1ccc(C(F)(F)F)cc1. The lowest BCUT2D eigenvalue weighted by molar-refractivity contribution is -0.137. The number of ketones is 1. The molecular formula is C15H10ClF3O. The van der Waals surface area contributed by atoms with E-state index in [2.05, 4.69) is 0 Å². The van der Waals surface area contributed by atoms with E-state index in [1.54, 1.807) is 18.2 Å². The highest BCUT2D eigenvalue weighted by molar-refractivity contribution is 6.34. The van der Waals surface area contributed by atoms with Crippen molar-refractivity contribution in [3.63, 3.8) is 0 Å². The van der Waals surface area contributed by atoms with Crippen molar-refractivity contribution >= 4 is 17.4 Å². The molecule has 0 heterocycles. The predicted molar refractivity (Wildman–Crippen MR) is 71.9 cm³/mol. The van der Waals surface area contributed by atoms with Crippen molar-refractivity contribution in [2.75, 3.05) is 0 Å². The molecule has 0 unspecified atom stereocenters. The van der Waals surface area contributed by atoms with Crippen LogP contribution < -0.4 is 0 Å². The smallest absolute Gasteiger partial charge is 0.294 e. The van der Waals surface area contributed by atoms with Gasteiger partial charge in [-0.15, -0.1) is 0 Å². The molecule has 2 aromatic carbocycles. The van der Waals surface area contributed by atoms with Crippen molar-refractivity contribution in [2.24, 2.45) is 0 Å². The molecule has 0 aliphatic rings. The first-order valence-corrected chi connectivity index (χ1v) is 6.15. The van der Waals surface area contributed by atoms with E-state index in [1.165, 1.54) is 19.1 Å². The van der Waals surface area contributed by atoms with Gasteiger partial charge in [0.15, 0.2) is 5.78 Å². The fraction of sp³-hybridized carbons (Fsp3) is 0.133. The van der Waals surface area contributed by atoms with Gasteiger partial charge >= 0.3 is 6.18 Å². The minimum atomic E-state index is -4.38. The van der Waals surface area contributed by atoms with Crippen LogP contribution in [-0.4, -0.2) is 5.78 Å². The van der Waals surface area contributed by atoms with Gasteiger partial charge in [0.25, 0.3) is 0 Å². The van der Waals surface area contributed by atoms with Crippen molar-refractivity contribution in [3.05, 3.63) is 58.6 Å². The minimum Gasteiger partial charge on any atom is -0.294 e. The van der Waals surface area contributed by atoms with Gasteiger partial charge in [-0.3, -0.25) is 4.79 Å². The molecule has 104 valence electrons. The van der Waals surface area contributed by atoms with E-state index < -0.39 is 11.7 Å². The lowest BCUT2D eigenvalue weighted by Gasteiger charge is -2.11. The molecule has 0 aromatic heterocycles. The normalized spacial score (nSPS) is 11.4. The number of halogens is 4. The molecule has 2 rings (SSSR count). The maximum absolute atomic E-state index is 12.5. The van der Waals surface area contributed by atoms with Gasteiger partial charge in [-0.05, 0) is 36.2 Å². The van der Waals surface area contributed by atoms with E-state index in [-0.39, 0.29) is 10.8 Å². The lowest BCUT2D eigenvalue weighted by atomic mass is 9.96. The zero-order valence-corrected chi connectivity index (χ0v) is 11.2. The molecular weight excluding hydrogens is 289 g/mol. The zero-order chi connectivity index (χ0) is 14.9. The van der Waals surface area contributed by atoms with E-state index >= 15 is 0 Å². The average molecular weight is 299 g/mol. The fourth-order valence-corrected chi connectivity index (χ4v) is 2.27. The second-order valence-electron chi connectivity index (χ2n) is 4.29. The number of benzene rings is 2. The summed E-state index contributed by atoms with van der Waals surface area (Å²) in [6, 6.07) is 9.53. The summed E-state index contributed by atoms with van der Waals surface area (Å²) in [5.74, 6) is -0.231. The van der Waals surface area contributed by atoms with Crippen molar-refractivity contribution in [1.29, 1.82) is 0 Å². The van der Waals surface area contributed by atoms with Gasteiger partial charge in [-0.25, -0.2) is 0 Å². The third kappa shape index (κ3) is 2.85. The molecule has 5 heteroatoms. The van der Waals surface area contributed by atoms with Crippen LogP contribution in [0, 0.1) is 0 Å². The first kappa shape index (κ1) is 14.6. The summed E-state index contributed by atoms with van der Waals surface area (Å²) in [5, 5.41) is 0.287. The topological polar surface area (TPSA) is 17.1 Å². The van der Waals surface area contributed by atoms with Crippen LogP contribution in [0.5, 0.6) is 0 Å². The summed E-state index contributed by atoms with van der Waals surface area (Å²) in [6.07, 6.45) is -4.38. The molecule has 0 bridgehead atoms. The van der Waals surface area contributed by atoms with E-state index in [0.29, 0.717) is 16.7 Å². The summed E-state index contributed by atoms with van der Waals surface area (Å²) in [5.41, 5.74) is 0.631. The Morgan fingerprint density at radius 2 is 1.65 bits per heavy atom. The van der Waals surface area contributed by atoms with Crippen LogP contribution in [0.15, 0.2) is 42.5 Å². The number of alkyl halides is 3. The molecule has 0 aliphatic heterocycles. The molecule has 0 spiro atoms. The molecule has 0 aliphatic carbocycles. The van der Waals surface area contributed by atoms with Gasteiger partial charge in [0.1, 0.15) is 0 Å². The van der Waals surface area contributed by atoms with Crippen LogP contribution in [0.4, 0.5) is 13.2 Å². The molecule has 20 heavy (non-hydrogen) atoms. The first-order chi connectivity index (χ1) is 9.30. The third-order valence-corrected chi connectivity index (χ3v) is 3.20. The molecule has 2 aromatic rings. The fourth-order valence-electron chi connectivity index (χ4n) is 1.96. The van der Waals surface area contributed by atoms with Crippen molar-refractivity contribution < 1.29 is 18.0 Å². The van der Waals surface area contributed by atoms with E-state index in [0.717, 1.165) is 12.1 Å². The monoisotopic (exact) mass is 298 g/mol. The Morgan fingerprint density at radius 3 is 2.15 bits per heavy atom. The van der Waals surface area contributed by atoms with Crippen molar-refractivity contribution in [1.82, 2.24) is 0 Å². The minimum absolute atomic E-state index is 0.231. The Bertz CT molecular complexity index is 645. The van der Waals surface area contributed by atoms with Gasteiger partial charge in [-0.1, -0.05) is 35.9 Å². The van der Waals surface area contributed by atoms with Crippen molar-refractivity contribution in [2.45, 2.75) is 13.1 Å². The molecule has 0 atom stereocenters. The number of hydrogen-bond acceptors (Lipinski definition) is 1. The maximum atomic E-state index is 12.5. The molecule has 0 fully saturated rings. The summed E-state index contributed by atoms with van der Waals surface area (Å²) in [7, 11) is 0. The van der Waals surface area contributed by atoms with Crippen LogP contribution in [0.25, 0.3) is 11.1 Å². The molecule has 0 saturated carbocycles. The van der Waals surface area contributed by atoms with Crippen molar-refractivity contribution in [3.8, 4) is 11.1 Å². The quantitative estimate of drug-likeness (QED) is 0.694.